The highest BCUT2D eigenvalue weighted by atomic mass is 32.1. The minimum absolute atomic E-state index is 0.283. The number of benzene rings is 1. The molecule has 2 aromatic heterocycles. The Kier molecular flexibility index (Phi) is 2.12. The second-order valence-corrected chi connectivity index (χ2v) is 4.81. The van der Waals surface area contributed by atoms with E-state index in [4.69, 9.17) is 0 Å². The van der Waals surface area contributed by atoms with Crippen LogP contribution in [-0.4, -0.2) is 24.9 Å². The highest BCUT2D eigenvalue weighted by Gasteiger charge is 2.11. The van der Waals surface area contributed by atoms with Gasteiger partial charge in [-0.3, -0.25) is 0 Å². The topological polar surface area (TPSA) is 63.3 Å². The monoisotopic (exact) mass is 246 g/mol. The molecule has 6 heteroatoms. The van der Waals surface area contributed by atoms with Crippen LogP contribution in [-0.2, 0) is 0 Å². The number of nitrogens with zero attached hydrogens (tertiary/aromatic N) is 4. The lowest BCUT2D eigenvalue weighted by Crippen LogP contribution is -1.88. The highest BCUT2D eigenvalue weighted by Crippen LogP contribution is 2.29. The molecule has 5 nitrogen and oxygen atoms in total. The van der Waals surface area contributed by atoms with E-state index in [1.807, 2.05) is 26.0 Å². The molecule has 0 radical (unpaired) electrons. The number of phenolic OH excluding ortho intramolecular Hbond substituents is 1. The number of aryl methyl sites for hydroxylation is 2. The van der Waals surface area contributed by atoms with Gasteiger partial charge in [-0.25, -0.2) is 0 Å². The summed E-state index contributed by atoms with van der Waals surface area (Å²) in [5, 5.41) is 22.9. The van der Waals surface area contributed by atoms with Gasteiger partial charge < -0.3 is 5.11 Å². The third-order valence-corrected chi connectivity index (χ3v) is 3.55. The number of rotatable bonds is 1. The highest BCUT2D eigenvalue weighted by molar-refractivity contribution is 7.19. The van der Waals surface area contributed by atoms with Crippen molar-refractivity contribution in [3.8, 4) is 16.3 Å². The quantitative estimate of drug-likeness (QED) is 0.714. The number of phenols is 1. The van der Waals surface area contributed by atoms with Gasteiger partial charge in [-0.05, 0) is 25.5 Å². The molecule has 0 fully saturated rings. The zero-order valence-electron chi connectivity index (χ0n) is 9.38. The van der Waals surface area contributed by atoms with E-state index in [-0.39, 0.29) is 5.75 Å². The standard InChI is InChI=1S/C11H10N4OS/c1-6-3-4-8(5-9(6)16)10-14-15-7(2)12-13-11(15)17-10/h3-5,16H,1-2H3. The third kappa shape index (κ3) is 1.57. The van der Waals surface area contributed by atoms with Gasteiger partial charge in [-0.15, -0.1) is 10.2 Å². The van der Waals surface area contributed by atoms with Crippen LogP contribution in [0.25, 0.3) is 15.5 Å². The van der Waals surface area contributed by atoms with E-state index in [0.717, 1.165) is 26.9 Å². The van der Waals surface area contributed by atoms with Crippen molar-refractivity contribution in [3.05, 3.63) is 29.6 Å². The van der Waals surface area contributed by atoms with Crippen LogP contribution >= 0.6 is 11.3 Å². The normalized spacial score (nSPS) is 11.2. The fraction of sp³-hybridized carbons (Fsp3) is 0.182. The maximum absolute atomic E-state index is 9.68. The van der Waals surface area contributed by atoms with Gasteiger partial charge in [0, 0.05) is 5.56 Å². The molecule has 0 aliphatic carbocycles. The molecule has 0 amide bonds. The largest absolute Gasteiger partial charge is 0.508 e. The summed E-state index contributed by atoms with van der Waals surface area (Å²) >= 11 is 1.45. The Morgan fingerprint density at radius 2 is 2.06 bits per heavy atom. The smallest absolute Gasteiger partial charge is 0.234 e. The van der Waals surface area contributed by atoms with Crippen LogP contribution in [0, 0.1) is 13.8 Å². The van der Waals surface area contributed by atoms with Gasteiger partial charge in [0.15, 0.2) is 5.82 Å². The van der Waals surface area contributed by atoms with Crippen molar-refractivity contribution in [2.24, 2.45) is 0 Å². The van der Waals surface area contributed by atoms with Crippen molar-refractivity contribution in [2.45, 2.75) is 13.8 Å². The van der Waals surface area contributed by atoms with E-state index in [9.17, 15) is 5.11 Å². The molecule has 0 atom stereocenters. The van der Waals surface area contributed by atoms with Crippen molar-refractivity contribution in [2.75, 3.05) is 0 Å². The first-order chi connectivity index (χ1) is 8.15. The molecule has 3 aromatic rings. The van der Waals surface area contributed by atoms with Crippen molar-refractivity contribution in [1.82, 2.24) is 19.8 Å². The van der Waals surface area contributed by atoms with Crippen LogP contribution in [0.3, 0.4) is 0 Å². The molecule has 0 bridgehead atoms. The summed E-state index contributed by atoms with van der Waals surface area (Å²) in [6.07, 6.45) is 0. The summed E-state index contributed by atoms with van der Waals surface area (Å²) in [7, 11) is 0. The van der Waals surface area contributed by atoms with Gasteiger partial charge in [-0.2, -0.15) is 9.61 Å². The minimum atomic E-state index is 0.283. The van der Waals surface area contributed by atoms with Gasteiger partial charge in [0.2, 0.25) is 4.96 Å². The lowest BCUT2D eigenvalue weighted by molar-refractivity contribution is 0.471. The van der Waals surface area contributed by atoms with Gasteiger partial charge in [0.25, 0.3) is 0 Å². The van der Waals surface area contributed by atoms with Crippen LogP contribution < -0.4 is 0 Å². The molecular weight excluding hydrogens is 236 g/mol. The lowest BCUT2D eigenvalue weighted by Gasteiger charge is -2.00. The Morgan fingerprint density at radius 3 is 2.76 bits per heavy atom. The summed E-state index contributed by atoms with van der Waals surface area (Å²) in [4.78, 5) is 0.762. The molecule has 0 saturated heterocycles. The minimum Gasteiger partial charge on any atom is -0.508 e. The Balaban J connectivity index is 2.16. The fourth-order valence-electron chi connectivity index (χ4n) is 1.57. The molecule has 1 N–H and O–H groups in total. The van der Waals surface area contributed by atoms with E-state index < -0.39 is 0 Å². The van der Waals surface area contributed by atoms with Crippen LogP contribution in [0.1, 0.15) is 11.4 Å². The fourth-order valence-corrected chi connectivity index (χ4v) is 2.46. The van der Waals surface area contributed by atoms with Crippen LogP contribution in [0.5, 0.6) is 5.75 Å². The molecule has 2 heterocycles. The van der Waals surface area contributed by atoms with E-state index >= 15 is 0 Å². The van der Waals surface area contributed by atoms with E-state index in [2.05, 4.69) is 15.3 Å². The first-order valence-corrected chi connectivity index (χ1v) is 5.95. The lowest BCUT2D eigenvalue weighted by atomic mass is 10.1. The number of fused-ring (bicyclic) bond motifs is 1. The Morgan fingerprint density at radius 1 is 1.24 bits per heavy atom. The summed E-state index contributed by atoms with van der Waals surface area (Å²) in [5.74, 6) is 1.05. The summed E-state index contributed by atoms with van der Waals surface area (Å²) in [6, 6.07) is 5.53. The van der Waals surface area contributed by atoms with Gasteiger partial charge in [-0.1, -0.05) is 23.5 Å². The third-order valence-electron chi connectivity index (χ3n) is 2.60. The van der Waals surface area contributed by atoms with E-state index in [0.29, 0.717) is 0 Å². The number of aromatic hydroxyl groups is 1. The first kappa shape index (κ1) is 10.2. The molecule has 0 spiro atoms. The first-order valence-electron chi connectivity index (χ1n) is 5.14. The van der Waals surface area contributed by atoms with Crippen LogP contribution in [0.15, 0.2) is 18.2 Å². The molecule has 0 aliphatic heterocycles. The predicted molar refractivity (Wildman–Crippen MR) is 65.2 cm³/mol. The SMILES string of the molecule is Cc1ccc(-c2nn3c(C)nnc3s2)cc1O. The molecule has 0 aliphatic rings. The Hall–Kier alpha value is -1.95. The van der Waals surface area contributed by atoms with E-state index in [1.165, 1.54) is 11.3 Å². The molecule has 17 heavy (non-hydrogen) atoms. The second kappa shape index (κ2) is 3.53. The maximum Gasteiger partial charge on any atom is 0.234 e. The van der Waals surface area contributed by atoms with Gasteiger partial charge in [0.1, 0.15) is 10.8 Å². The molecule has 86 valence electrons. The predicted octanol–water partition coefficient (Wildman–Crippen LogP) is 2.18. The molecule has 3 rings (SSSR count). The van der Waals surface area contributed by atoms with Gasteiger partial charge >= 0.3 is 0 Å². The average molecular weight is 246 g/mol. The average Bonchev–Trinajstić information content (AvgIpc) is 2.86. The zero-order chi connectivity index (χ0) is 12.0. The summed E-state index contributed by atoms with van der Waals surface area (Å²) < 4.78 is 1.71. The summed E-state index contributed by atoms with van der Waals surface area (Å²) in [5.41, 5.74) is 1.75. The molecular formula is C11H10N4OS. The molecule has 1 aromatic carbocycles. The number of hydrogen-bond donors (Lipinski definition) is 1. The van der Waals surface area contributed by atoms with Crippen molar-refractivity contribution < 1.29 is 5.11 Å². The van der Waals surface area contributed by atoms with Crippen molar-refractivity contribution >= 4 is 16.3 Å². The van der Waals surface area contributed by atoms with Gasteiger partial charge in [0.05, 0.1) is 0 Å². The molecule has 0 unspecified atom stereocenters. The van der Waals surface area contributed by atoms with E-state index in [1.54, 1.807) is 10.6 Å². The van der Waals surface area contributed by atoms with Crippen molar-refractivity contribution in [1.29, 1.82) is 0 Å². The number of hydrogen-bond acceptors (Lipinski definition) is 5. The maximum atomic E-state index is 9.68. The Labute approximate surface area is 101 Å². The number of aromatic nitrogens is 4. The molecule has 0 saturated carbocycles. The van der Waals surface area contributed by atoms with Crippen molar-refractivity contribution in [3.63, 3.8) is 0 Å². The Bertz CT molecular complexity index is 701. The zero-order valence-corrected chi connectivity index (χ0v) is 10.2. The second-order valence-electron chi connectivity index (χ2n) is 3.85. The van der Waals surface area contributed by atoms with Crippen LogP contribution in [0.4, 0.5) is 0 Å². The summed E-state index contributed by atoms with van der Waals surface area (Å²) in [6.45, 7) is 3.72. The van der Waals surface area contributed by atoms with Crippen LogP contribution in [0.2, 0.25) is 0 Å².